The minimum Gasteiger partial charge on any atom is -0.394 e. The number of hydrogen-bond acceptors (Lipinski definition) is 4. The molecule has 0 aliphatic rings. The average Bonchev–Trinajstić information content (AvgIpc) is 2.29. The van der Waals surface area contributed by atoms with Gasteiger partial charge in [-0.2, -0.15) is 0 Å². The highest BCUT2D eigenvalue weighted by Crippen LogP contribution is 2.17. The zero-order valence-electron chi connectivity index (χ0n) is 12.9. The fraction of sp³-hybridized carbons (Fsp3) is 1.00. The van der Waals surface area contributed by atoms with Crippen molar-refractivity contribution >= 4 is 0 Å². The quantitative estimate of drug-likeness (QED) is 0.631. The lowest BCUT2D eigenvalue weighted by Crippen LogP contribution is -2.48. The van der Waals surface area contributed by atoms with Crippen LogP contribution in [0.1, 0.15) is 47.5 Å². The summed E-state index contributed by atoms with van der Waals surface area (Å²) in [5.41, 5.74) is -0.396. The lowest BCUT2D eigenvalue weighted by molar-refractivity contribution is -0.0313. The van der Waals surface area contributed by atoms with Crippen molar-refractivity contribution in [1.82, 2.24) is 5.32 Å². The molecule has 0 aromatic carbocycles. The Labute approximate surface area is 112 Å². The molecule has 2 N–H and O–H groups in total. The van der Waals surface area contributed by atoms with Gasteiger partial charge in [0.2, 0.25) is 0 Å². The Morgan fingerprint density at radius 3 is 2.33 bits per heavy atom. The molecule has 0 bridgehead atoms. The van der Waals surface area contributed by atoms with E-state index in [9.17, 15) is 5.11 Å². The van der Waals surface area contributed by atoms with Crippen LogP contribution in [0.25, 0.3) is 0 Å². The predicted molar refractivity (Wildman–Crippen MR) is 74.9 cm³/mol. The minimum atomic E-state index is -0.259. The normalized spacial score (nSPS) is 17.5. The van der Waals surface area contributed by atoms with E-state index in [-0.39, 0.29) is 23.9 Å². The molecule has 0 fully saturated rings. The molecular weight excluding hydrogens is 230 g/mol. The van der Waals surface area contributed by atoms with Crippen molar-refractivity contribution in [2.45, 2.75) is 64.7 Å². The Hall–Kier alpha value is -0.160. The van der Waals surface area contributed by atoms with Gasteiger partial charge in [0.05, 0.1) is 18.3 Å². The molecule has 0 rings (SSSR count). The van der Waals surface area contributed by atoms with Crippen molar-refractivity contribution in [3.63, 3.8) is 0 Å². The molecule has 0 spiro atoms. The van der Waals surface area contributed by atoms with Gasteiger partial charge in [-0.3, -0.25) is 0 Å². The van der Waals surface area contributed by atoms with E-state index < -0.39 is 0 Å². The number of methoxy groups -OCH3 is 1. The van der Waals surface area contributed by atoms with Crippen LogP contribution < -0.4 is 5.32 Å². The summed E-state index contributed by atoms with van der Waals surface area (Å²) >= 11 is 0. The van der Waals surface area contributed by atoms with Gasteiger partial charge in [-0.05, 0) is 47.1 Å². The number of ether oxygens (including phenoxy) is 2. The van der Waals surface area contributed by atoms with Crippen LogP contribution in [0.2, 0.25) is 0 Å². The lowest BCUT2D eigenvalue weighted by atomic mass is 9.95. The maximum absolute atomic E-state index is 9.42. The van der Waals surface area contributed by atoms with E-state index in [0.29, 0.717) is 6.61 Å². The second kappa shape index (κ2) is 8.10. The molecule has 2 atom stereocenters. The molecule has 0 aromatic heterocycles. The fourth-order valence-corrected chi connectivity index (χ4v) is 1.92. The third kappa shape index (κ3) is 7.31. The van der Waals surface area contributed by atoms with Crippen molar-refractivity contribution in [2.75, 3.05) is 26.9 Å². The molecule has 0 heterocycles. The van der Waals surface area contributed by atoms with Crippen LogP contribution in [0.5, 0.6) is 0 Å². The van der Waals surface area contributed by atoms with Crippen LogP contribution in [0, 0.1) is 0 Å². The van der Waals surface area contributed by atoms with Crippen LogP contribution in [0.15, 0.2) is 0 Å². The van der Waals surface area contributed by atoms with Gasteiger partial charge in [0.25, 0.3) is 0 Å². The molecule has 0 saturated heterocycles. The molecule has 18 heavy (non-hydrogen) atoms. The molecule has 0 amide bonds. The van der Waals surface area contributed by atoms with Crippen molar-refractivity contribution < 1.29 is 14.6 Å². The van der Waals surface area contributed by atoms with E-state index in [1.165, 1.54) is 0 Å². The molecule has 0 aromatic rings. The second-order valence-corrected chi connectivity index (χ2v) is 5.85. The fourth-order valence-electron chi connectivity index (χ4n) is 1.92. The summed E-state index contributed by atoms with van der Waals surface area (Å²) in [7, 11) is 1.72. The summed E-state index contributed by atoms with van der Waals surface area (Å²) in [5, 5.41) is 12.7. The monoisotopic (exact) mass is 261 g/mol. The molecular formula is C14H31NO3. The summed E-state index contributed by atoms with van der Waals surface area (Å²) < 4.78 is 11.1. The topological polar surface area (TPSA) is 50.7 Å². The molecule has 110 valence electrons. The third-order valence-electron chi connectivity index (χ3n) is 3.35. The largest absolute Gasteiger partial charge is 0.394 e. The van der Waals surface area contributed by atoms with Gasteiger partial charge in [0, 0.05) is 19.3 Å². The SMILES string of the molecule is CCNC(C)(CO)CC(C)OCCC(C)(C)OC. The van der Waals surface area contributed by atoms with Crippen LogP contribution in [-0.4, -0.2) is 49.2 Å². The highest BCUT2D eigenvalue weighted by atomic mass is 16.5. The molecule has 2 unspecified atom stereocenters. The van der Waals surface area contributed by atoms with E-state index in [0.717, 1.165) is 19.4 Å². The third-order valence-corrected chi connectivity index (χ3v) is 3.35. The van der Waals surface area contributed by atoms with Crippen molar-refractivity contribution in [3.05, 3.63) is 0 Å². The summed E-state index contributed by atoms with van der Waals surface area (Å²) in [6, 6.07) is 0. The van der Waals surface area contributed by atoms with Gasteiger partial charge < -0.3 is 19.9 Å². The molecule has 0 aliphatic heterocycles. The highest BCUT2D eigenvalue weighted by Gasteiger charge is 2.25. The van der Waals surface area contributed by atoms with Crippen LogP contribution >= 0.6 is 0 Å². The molecule has 0 aliphatic carbocycles. The van der Waals surface area contributed by atoms with Crippen molar-refractivity contribution in [1.29, 1.82) is 0 Å². The number of rotatable bonds is 10. The van der Waals surface area contributed by atoms with Gasteiger partial charge in [0.1, 0.15) is 0 Å². The van der Waals surface area contributed by atoms with E-state index >= 15 is 0 Å². The van der Waals surface area contributed by atoms with E-state index in [2.05, 4.69) is 19.2 Å². The number of aliphatic hydroxyl groups excluding tert-OH is 1. The van der Waals surface area contributed by atoms with Crippen LogP contribution in [-0.2, 0) is 9.47 Å². The zero-order chi connectivity index (χ0) is 14.2. The van der Waals surface area contributed by atoms with Gasteiger partial charge >= 0.3 is 0 Å². The lowest BCUT2D eigenvalue weighted by Gasteiger charge is -2.31. The average molecular weight is 261 g/mol. The first-order valence-electron chi connectivity index (χ1n) is 6.81. The Bertz CT molecular complexity index is 221. The van der Waals surface area contributed by atoms with Crippen LogP contribution in [0.3, 0.4) is 0 Å². The van der Waals surface area contributed by atoms with Gasteiger partial charge in [-0.25, -0.2) is 0 Å². The first-order valence-corrected chi connectivity index (χ1v) is 6.81. The maximum Gasteiger partial charge on any atom is 0.0644 e. The number of aliphatic hydroxyl groups is 1. The van der Waals surface area contributed by atoms with Crippen LogP contribution in [0.4, 0.5) is 0 Å². The second-order valence-electron chi connectivity index (χ2n) is 5.85. The summed E-state index contributed by atoms with van der Waals surface area (Å²) in [6.45, 7) is 11.9. The smallest absolute Gasteiger partial charge is 0.0644 e. The van der Waals surface area contributed by atoms with Crippen molar-refractivity contribution in [2.24, 2.45) is 0 Å². The summed E-state index contributed by atoms with van der Waals surface area (Å²) in [5.74, 6) is 0. The Balaban J connectivity index is 3.99. The first kappa shape index (κ1) is 17.8. The Kier molecular flexibility index (Phi) is 8.03. The van der Waals surface area contributed by atoms with Crippen molar-refractivity contribution in [3.8, 4) is 0 Å². The summed E-state index contributed by atoms with van der Waals surface area (Å²) in [6.07, 6.45) is 1.78. The molecule has 0 radical (unpaired) electrons. The van der Waals surface area contributed by atoms with Gasteiger partial charge in [-0.15, -0.1) is 0 Å². The molecule has 4 nitrogen and oxygen atoms in total. The van der Waals surface area contributed by atoms with E-state index in [1.54, 1.807) is 7.11 Å². The van der Waals surface area contributed by atoms with E-state index in [1.807, 2.05) is 20.8 Å². The predicted octanol–water partition coefficient (Wildman–Crippen LogP) is 1.96. The Morgan fingerprint density at radius 2 is 1.89 bits per heavy atom. The number of hydrogen-bond donors (Lipinski definition) is 2. The number of nitrogens with one attached hydrogen (secondary N) is 1. The first-order chi connectivity index (χ1) is 8.28. The Morgan fingerprint density at radius 1 is 1.28 bits per heavy atom. The minimum absolute atomic E-state index is 0.119. The number of likely N-dealkylation sites (N-methyl/N-ethyl adjacent to an activating group) is 1. The van der Waals surface area contributed by atoms with E-state index in [4.69, 9.17) is 9.47 Å². The standard InChI is InChI=1S/C14H31NO3/c1-7-15-14(5,11-16)10-12(2)18-9-8-13(3,4)17-6/h12,15-16H,7-11H2,1-6H3. The molecule has 0 saturated carbocycles. The summed E-state index contributed by atoms with van der Waals surface area (Å²) in [4.78, 5) is 0. The van der Waals surface area contributed by atoms with Gasteiger partial charge in [0.15, 0.2) is 0 Å². The zero-order valence-corrected chi connectivity index (χ0v) is 12.9. The highest BCUT2D eigenvalue weighted by molar-refractivity contribution is 4.84. The van der Waals surface area contributed by atoms with Gasteiger partial charge in [-0.1, -0.05) is 6.92 Å². The molecule has 4 heteroatoms. The maximum atomic E-state index is 9.42.